The first-order chi connectivity index (χ1) is 8.28. The van der Waals surface area contributed by atoms with Crippen molar-refractivity contribution in [1.82, 2.24) is 4.90 Å². The number of carbonyl (C=O) groups excluding carboxylic acids is 1. The minimum atomic E-state index is -0.503. The Labute approximate surface area is 102 Å². The van der Waals surface area contributed by atoms with Gasteiger partial charge in [-0.25, -0.2) is 0 Å². The summed E-state index contributed by atoms with van der Waals surface area (Å²) in [6.45, 7) is 3.64. The highest BCUT2D eigenvalue weighted by molar-refractivity contribution is 5.88. The van der Waals surface area contributed by atoms with Crippen molar-refractivity contribution in [2.75, 3.05) is 13.2 Å². The van der Waals surface area contributed by atoms with E-state index in [9.17, 15) is 4.79 Å². The highest BCUT2D eigenvalue weighted by Gasteiger charge is 2.48. The van der Waals surface area contributed by atoms with Crippen LogP contribution in [0.25, 0.3) is 0 Å². The lowest BCUT2D eigenvalue weighted by atomic mass is 9.78. The summed E-state index contributed by atoms with van der Waals surface area (Å²) in [6, 6.07) is 0.297. The molecule has 0 aromatic carbocycles. The summed E-state index contributed by atoms with van der Waals surface area (Å²) < 4.78 is 5.93. The maximum absolute atomic E-state index is 12.8. The minimum absolute atomic E-state index is 0.252. The fourth-order valence-corrected chi connectivity index (χ4v) is 3.23. The van der Waals surface area contributed by atoms with E-state index in [-0.39, 0.29) is 5.91 Å². The zero-order valence-corrected chi connectivity index (χ0v) is 10.3. The van der Waals surface area contributed by atoms with E-state index in [0.29, 0.717) is 12.6 Å². The number of rotatable bonds is 1. The summed E-state index contributed by atoms with van der Waals surface area (Å²) in [4.78, 5) is 14.8. The molecule has 2 atom stereocenters. The Morgan fingerprint density at radius 1 is 1.59 bits per heavy atom. The van der Waals surface area contributed by atoms with Crippen molar-refractivity contribution in [3.63, 3.8) is 0 Å². The Morgan fingerprint density at radius 3 is 3.29 bits per heavy atom. The van der Waals surface area contributed by atoms with Crippen molar-refractivity contribution in [3.8, 4) is 0 Å². The molecule has 92 valence electrons. The summed E-state index contributed by atoms with van der Waals surface area (Å²) in [5.41, 5.74) is -0.503. The van der Waals surface area contributed by atoms with Crippen LogP contribution in [0.4, 0.5) is 0 Å². The Hall–Kier alpha value is -1.25. The fraction of sp³-hybridized carbons (Fsp3) is 0.643. The van der Waals surface area contributed by atoms with Gasteiger partial charge in [0.2, 0.25) is 5.91 Å². The Bertz CT molecular complexity index is 399. The number of allylic oxidation sites excluding steroid dienone is 2. The second kappa shape index (κ2) is 3.90. The van der Waals surface area contributed by atoms with Crippen molar-refractivity contribution in [2.45, 2.75) is 38.6 Å². The van der Waals surface area contributed by atoms with E-state index in [1.54, 1.807) is 0 Å². The van der Waals surface area contributed by atoms with Crippen LogP contribution < -0.4 is 0 Å². The van der Waals surface area contributed by atoms with Gasteiger partial charge in [0.05, 0.1) is 6.04 Å². The molecule has 3 aliphatic rings. The molecule has 2 aliphatic heterocycles. The molecule has 0 aromatic heterocycles. The average molecular weight is 233 g/mol. The highest BCUT2D eigenvalue weighted by atomic mass is 16.5. The molecule has 3 rings (SSSR count). The van der Waals surface area contributed by atoms with Crippen LogP contribution in [-0.4, -0.2) is 30.0 Å². The van der Waals surface area contributed by atoms with Crippen LogP contribution >= 0.6 is 0 Å². The van der Waals surface area contributed by atoms with E-state index in [4.69, 9.17) is 4.74 Å². The second-order valence-corrected chi connectivity index (χ2v) is 5.14. The molecule has 0 bridgehead atoms. The van der Waals surface area contributed by atoms with Crippen LogP contribution in [0.5, 0.6) is 0 Å². The van der Waals surface area contributed by atoms with E-state index in [2.05, 4.69) is 25.2 Å². The molecule has 17 heavy (non-hydrogen) atoms. The molecule has 1 amide bonds. The van der Waals surface area contributed by atoms with Gasteiger partial charge in [-0.15, -0.1) is 0 Å². The molecule has 0 N–H and O–H groups in total. The van der Waals surface area contributed by atoms with Crippen LogP contribution in [0.15, 0.2) is 24.0 Å². The van der Waals surface area contributed by atoms with Crippen LogP contribution in [-0.2, 0) is 9.53 Å². The topological polar surface area (TPSA) is 29.5 Å². The van der Waals surface area contributed by atoms with Crippen molar-refractivity contribution in [2.24, 2.45) is 5.41 Å². The van der Waals surface area contributed by atoms with E-state index < -0.39 is 5.41 Å². The number of fused-ring (bicyclic) bond motifs is 2. The van der Waals surface area contributed by atoms with Gasteiger partial charge in [0.15, 0.2) is 0 Å². The van der Waals surface area contributed by atoms with Crippen LogP contribution in [0.3, 0.4) is 0 Å². The lowest BCUT2D eigenvalue weighted by Gasteiger charge is -2.33. The summed E-state index contributed by atoms with van der Waals surface area (Å²) >= 11 is 0. The van der Waals surface area contributed by atoms with Gasteiger partial charge in [-0.3, -0.25) is 4.79 Å². The lowest BCUT2D eigenvalue weighted by Crippen LogP contribution is -2.44. The quantitative estimate of drug-likeness (QED) is 0.650. The number of nitrogens with zero attached hydrogens (tertiary/aromatic N) is 1. The van der Waals surface area contributed by atoms with Crippen LogP contribution in [0, 0.1) is 5.41 Å². The summed E-state index contributed by atoms with van der Waals surface area (Å²) in [6.07, 6.45) is 10.1. The number of hydrogen-bond acceptors (Lipinski definition) is 2. The van der Waals surface area contributed by atoms with Gasteiger partial charge in [0, 0.05) is 6.54 Å². The van der Waals surface area contributed by atoms with E-state index in [0.717, 1.165) is 38.0 Å². The predicted molar refractivity (Wildman–Crippen MR) is 65.3 cm³/mol. The fourth-order valence-electron chi connectivity index (χ4n) is 3.23. The van der Waals surface area contributed by atoms with Gasteiger partial charge < -0.3 is 9.64 Å². The van der Waals surface area contributed by atoms with E-state index >= 15 is 0 Å². The molecule has 0 aromatic rings. The lowest BCUT2D eigenvalue weighted by molar-refractivity contribution is -0.138. The molecular weight excluding hydrogens is 214 g/mol. The van der Waals surface area contributed by atoms with E-state index in [1.165, 1.54) is 0 Å². The van der Waals surface area contributed by atoms with Crippen molar-refractivity contribution in [3.05, 3.63) is 24.0 Å². The maximum Gasteiger partial charge on any atom is 0.240 e. The Balaban J connectivity index is 2.03. The summed E-state index contributed by atoms with van der Waals surface area (Å²) in [5, 5.41) is 0. The molecular formula is C14H19NO2. The van der Waals surface area contributed by atoms with Crippen molar-refractivity contribution in [1.29, 1.82) is 0 Å². The third-order valence-electron chi connectivity index (χ3n) is 4.29. The first kappa shape index (κ1) is 10.9. The van der Waals surface area contributed by atoms with E-state index in [1.807, 2.05) is 4.90 Å². The summed E-state index contributed by atoms with van der Waals surface area (Å²) in [7, 11) is 0. The third kappa shape index (κ3) is 1.44. The zero-order valence-electron chi connectivity index (χ0n) is 10.3. The zero-order chi connectivity index (χ0) is 11.9. The minimum Gasteiger partial charge on any atom is -0.495 e. The first-order valence-corrected chi connectivity index (χ1v) is 6.60. The van der Waals surface area contributed by atoms with Crippen molar-refractivity contribution < 1.29 is 9.53 Å². The van der Waals surface area contributed by atoms with Gasteiger partial charge in [-0.05, 0) is 31.8 Å². The largest absolute Gasteiger partial charge is 0.495 e. The predicted octanol–water partition coefficient (Wildman–Crippen LogP) is 2.25. The highest BCUT2D eigenvalue weighted by Crippen LogP contribution is 2.42. The molecule has 2 heterocycles. The van der Waals surface area contributed by atoms with Crippen LogP contribution in [0.1, 0.15) is 32.6 Å². The number of hydrogen-bond donors (Lipinski definition) is 0. The third-order valence-corrected chi connectivity index (χ3v) is 4.29. The molecule has 2 fully saturated rings. The second-order valence-electron chi connectivity index (χ2n) is 5.14. The van der Waals surface area contributed by atoms with Crippen LogP contribution in [0.2, 0.25) is 0 Å². The SMILES string of the molecule is CC[C@]12C=CCC=C1OC[C@@H]1CCCN1C2=O. The monoisotopic (exact) mass is 233 g/mol. The number of amides is 1. The molecule has 0 radical (unpaired) electrons. The molecule has 3 nitrogen and oxygen atoms in total. The normalized spacial score (nSPS) is 35.8. The van der Waals surface area contributed by atoms with Gasteiger partial charge in [-0.1, -0.05) is 19.1 Å². The van der Waals surface area contributed by atoms with Crippen molar-refractivity contribution >= 4 is 5.91 Å². The maximum atomic E-state index is 12.8. The average Bonchev–Trinajstić information content (AvgIpc) is 2.80. The smallest absolute Gasteiger partial charge is 0.240 e. The van der Waals surface area contributed by atoms with Gasteiger partial charge in [0.1, 0.15) is 17.8 Å². The molecule has 3 heteroatoms. The molecule has 2 saturated heterocycles. The molecule has 1 aliphatic carbocycles. The molecule has 0 saturated carbocycles. The van der Waals surface area contributed by atoms with Gasteiger partial charge in [-0.2, -0.15) is 0 Å². The molecule has 0 spiro atoms. The number of carbonyl (C=O) groups is 1. The standard InChI is InChI=1S/C14H19NO2/c1-2-14-8-4-3-7-12(14)17-10-11-6-5-9-15(11)13(14)16/h4,7-8,11H,2-3,5-6,9-10H2,1H3/t11-,14-/m0/s1. The van der Waals surface area contributed by atoms with Gasteiger partial charge >= 0.3 is 0 Å². The number of ether oxygens (including phenoxy) is 1. The molecule has 0 unspecified atom stereocenters. The first-order valence-electron chi connectivity index (χ1n) is 6.60. The Morgan fingerprint density at radius 2 is 2.47 bits per heavy atom. The Kier molecular flexibility index (Phi) is 2.49. The summed E-state index contributed by atoms with van der Waals surface area (Å²) in [5.74, 6) is 1.14. The van der Waals surface area contributed by atoms with Gasteiger partial charge in [0.25, 0.3) is 0 Å².